The van der Waals surface area contributed by atoms with Gasteiger partial charge in [0.25, 0.3) is 0 Å². The average molecular weight is 306 g/mol. The second kappa shape index (κ2) is 5.38. The third-order valence-corrected chi connectivity index (χ3v) is 5.40. The lowest BCUT2D eigenvalue weighted by molar-refractivity contribution is 0.478. The quantitative estimate of drug-likeness (QED) is 0.822. The topological polar surface area (TPSA) is 46.2 Å². The van der Waals surface area contributed by atoms with Crippen molar-refractivity contribution in [3.63, 3.8) is 0 Å². The molecule has 3 nitrogen and oxygen atoms in total. The number of benzene rings is 1. The third kappa shape index (κ3) is 3.46. The summed E-state index contributed by atoms with van der Waals surface area (Å²) in [4.78, 5) is 0.135. The van der Waals surface area contributed by atoms with E-state index in [2.05, 4.69) is 4.72 Å². The molecule has 1 fully saturated rings. The summed E-state index contributed by atoms with van der Waals surface area (Å²) in [6.07, 6.45) is 2.83. The first kappa shape index (κ1) is 14.8. The van der Waals surface area contributed by atoms with Crippen molar-refractivity contribution in [2.75, 3.05) is 12.4 Å². The number of hydrogen-bond donors (Lipinski definition) is 1. The van der Waals surface area contributed by atoms with E-state index in [1.165, 1.54) is 12.1 Å². The first-order valence-corrected chi connectivity index (χ1v) is 8.22. The molecule has 0 radical (unpaired) electrons. The molecular formula is C13H17ClFNO2S. The Labute approximate surface area is 118 Å². The Kier molecular flexibility index (Phi) is 4.18. The maximum Gasteiger partial charge on any atom is 0.240 e. The zero-order chi connectivity index (χ0) is 14.1. The van der Waals surface area contributed by atoms with Crippen LogP contribution in [0.25, 0.3) is 0 Å². The molecule has 1 aromatic carbocycles. The van der Waals surface area contributed by atoms with Crippen LogP contribution in [-0.4, -0.2) is 20.8 Å². The standard InChI is InChI=1S/C13H17ClFNO2S/c1-10-8-11(15)2-3-12(10)19(17,18)16-9-13(4-5-13)6-7-14/h2-3,8,16H,4-7,9H2,1H3. The zero-order valence-electron chi connectivity index (χ0n) is 10.7. The van der Waals surface area contributed by atoms with E-state index in [0.29, 0.717) is 18.0 Å². The number of halogens is 2. The fourth-order valence-electron chi connectivity index (χ4n) is 2.13. The van der Waals surface area contributed by atoms with Gasteiger partial charge in [-0.05, 0) is 55.4 Å². The molecule has 0 aromatic heterocycles. The van der Waals surface area contributed by atoms with Crippen LogP contribution in [-0.2, 0) is 10.0 Å². The summed E-state index contributed by atoms with van der Waals surface area (Å²) in [7, 11) is -3.58. The van der Waals surface area contributed by atoms with E-state index in [1.54, 1.807) is 6.92 Å². The van der Waals surface area contributed by atoms with Crippen LogP contribution in [0.15, 0.2) is 23.1 Å². The highest BCUT2D eigenvalue weighted by atomic mass is 35.5. The van der Waals surface area contributed by atoms with Gasteiger partial charge in [-0.2, -0.15) is 0 Å². The number of nitrogens with one attached hydrogen (secondary N) is 1. The molecule has 0 aliphatic heterocycles. The van der Waals surface area contributed by atoms with Crippen LogP contribution in [0.5, 0.6) is 0 Å². The fourth-order valence-corrected chi connectivity index (χ4v) is 3.92. The molecule has 2 rings (SSSR count). The van der Waals surface area contributed by atoms with Crippen molar-refractivity contribution in [3.05, 3.63) is 29.6 Å². The number of sulfonamides is 1. The minimum Gasteiger partial charge on any atom is -0.211 e. The predicted molar refractivity (Wildman–Crippen MR) is 73.3 cm³/mol. The summed E-state index contributed by atoms with van der Waals surface area (Å²) in [6.45, 7) is 1.99. The number of alkyl halides is 1. The van der Waals surface area contributed by atoms with Crippen molar-refractivity contribution in [2.45, 2.75) is 31.1 Å². The van der Waals surface area contributed by atoms with Crippen LogP contribution >= 0.6 is 11.6 Å². The summed E-state index contributed by atoms with van der Waals surface area (Å²) >= 11 is 5.72. The molecule has 0 heterocycles. The molecule has 0 unspecified atom stereocenters. The van der Waals surface area contributed by atoms with Gasteiger partial charge in [-0.1, -0.05) is 0 Å². The van der Waals surface area contributed by atoms with Crippen molar-refractivity contribution < 1.29 is 12.8 Å². The van der Waals surface area contributed by atoms with Gasteiger partial charge in [0.2, 0.25) is 10.0 Å². The van der Waals surface area contributed by atoms with Gasteiger partial charge in [0.1, 0.15) is 5.82 Å². The van der Waals surface area contributed by atoms with Crippen LogP contribution in [0.4, 0.5) is 4.39 Å². The third-order valence-electron chi connectivity index (χ3n) is 3.65. The van der Waals surface area contributed by atoms with Crippen LogP contribution < -0.4 is 4.72 Å². The number of hydrogen-bond acceptors (Lipinski definition) is 2. The molecule has 0 spiro atoms. The van der Waals surface area contributed by atoms with E-state index in [9.17, 15) is 12.8 Å². The summed E-state index contributed by atoms with van der Waals surface area (Å²) in [5, 5.41) is 0. The van der Waals surface area contributed by atoms with Crippen molar-refractivity contribution >= 4 is 21.6 Å². The number of aryl methyl sites for hydroxylation is 1. The van der Waals surface area contributed by atoms with E-state index in [-0.39, 0.29) is 10.3 Å². The Balaban J connectivity index is 2.10. The van der Waals surface area contributed by atoms with Crippen molar-refractivity contribution in [1.82, 2.24) is 4.72 Å². The summed E-state index contributed by atoms with van der Waals surface area (Å²) in [6, 6.07) is 3.68. The summed E-state index contributed by atoms with van der Waals surface area (Å²) in [5.41, 5.74) is 0.442. The molecule has 1 aliphatic carbocycles. The highest BCUT2D eigenvalue weighted by molar-refractivity contribution is 7.89. The smallest absolute Gasteiger partial charge is 0.211 e. The maximum atomic E-state index is 13.0. The fraction of sp³-hybridized carbons (Fsp3) is 0.538. The van der Waals surface area contributed by atoms with E-state index < -0.39 is 15.8 Å². The molecule has 1 aliphatic rings. The Morgan fingerprint density at radius 3 is 2.63 bits per heavy atom. The minimum atomic E-state index is -3.58. The van der Waals surface area contributed by atoms with E-state index in [1.807, 2.05) is 0 Å². The van der Waals surface area contributed by atoms with Gasteiger partial charge in [-0.25, -0.2) is 17.5 Å². The lowest BCUT2D eigenvalue weighted by atomic mass is 10.1. The molecule has 6 heteroatoms. The summed E-state index contributed by atoms with van der Waals surface area (Å²) < 4.78 is 40.0. The molecule has 1 N–H and O–H groups in total. The molecule has 1 aromatic rings. The predicted octanol–water partition coefficient (Wildman–Crippen LogP) is 2.82. The van der Waals surface area contributed by atoms with Crippen molar-refractivity contribution in [3.8, 4) is 0 Å². The Morgan fingerprint density at radius 1 is 1.42 bits per heavy atom. The van der Waals surface area contributed by atoms with Crippen LogP contribution in [0, 0.1) is 18.2 Å². The second-order valence-electron chi connectivity index (χ2n) is 5.17. The summed E-state index contributed by atoms with van der Waals surface area (Å²) in [5.74, 6) is 0.106. The average Bonchev–Trinajstić information content (AvgIpc) is 3.07. The van der Waals surface area contributed by atoms with Crippen LogP contribution in [0.1, 0.15) is 24.8 Å². The van der Waals surface area contributed by atoms with Gasteiger partial charge in [0.05, 0.1) is 4.90 Å². The monoisotopic (exact) mass is 305 g/mol. The van der Waals surface area contributed by atoms with Gasteiger partial charge in [0.15, 0.2) is 0 Å². The molecule has 0 amide bonds. The largest absolute Gasteiger partial charge is 0.240 e. The Hall–Kier alpha value is -0.650. The minimum absolute atomic E-state index is 0.0305. The lowest BCUT2D eigenvalue weighted by Crippen LogP contribution is -2.31. The molecule has 19 heavy (non-hydrogen) atoms. The number of rotatable bonds is 6. The SMILES string of the molecule is Cc1cc(F)ccc1S(=O)(=O)NCC1(CCCl)CC1. The molecule has 1 saturated carbocycles. The second-order valence-corrected chi connectivity index (χ2v) is 7.29. The Morgan fingerprint density at radius 2 is 2.11 bits per heavy atom. The van der Waals surface area contributed by atoms with Crippen LogP contribution in [0.2, 0.25) is 0 Å². The Bertz CT molecular complexity index is 570. The van der Waals surface area contributed by atoms with Crippen molar-refractivity contribution in [2.24, 2.45) is 5.41 Å². The van der Waals surface area contributed by atoms with Gasteiger partial charge >= 0.3 is 0 Å². The van der Waals surface area contributed by atoms with Crippen molar-refractivity contribution in [1.29, 1.82) is 0 Å². The van der Waals surface area contributed by atoms with Gasteiger partial charge in [-0.3, -0.25) is 0 Å². The highest BCUT2D eigenvalue weighted by Gasteiger charge is 2.42. The maximum absolute atomic E-state index is 13.0. The molecule has 0 atom stereocenters. The molecule has 0 bridgehead atoms. The zero-order valence-corrected chi connectivity index (χ0v) is 12.3. The molecule has 0 saturated heterocycles. The molecule has 106 valence electrons. The van der Waals surface area contributed by atoms with Gasteiger partial charge < -0.3 is 0 Å². The first-order valence-electron chi connectivity index (χ1n) is 6.20. The van der Waals surface area contributed by atoms with Crippen LogP contribution in [0.3, 0.4) is 0 Å². The molecular weight excluding hydrogens is 289 g/mol. The van der Waals surface area contributed by atoms with E-state index >= 15 is 0 Å². The van der Waals surface area contributed by atoms with Gasteiger partial charge in [0, 0.05) is 12.4 Å². The normalized spacial score (nSPS) is 17.4. The highest BCUT2D eigenvalue weighted by Crippen LogP contribution is 2.48. The van der Waals surface area contributed by atoms with E-state index in [4.69, 9.17) is 11.6 Å². The van der Waals surface area contributed by atoms with Gasteiger partial charge in [-0.15, -0.1) is 11.6 Å². The lowest BCUT2D eigenvalue weighted by Gasteiger charge is -2.15. The van der Waals surface area contributed by atoms with E-state index in [0.717, 1.165) is 25.3 Å². The first-order chi connectivity index (χ1) is 8.88.